The molecule has 1 aliphatic rings. The topological polar surface area (TPSA) is 94.1 Å². The SMILES string of the molecule is Cc1cn2nc(-c3cc(=O)n4cc(C5(F)CCN(C(=O)OC(C)(C)C)CC5)sc4n3)cc(C)c2n1. The maximum absolute atomic E-state index is 16.0. The van der Waals surface area contributed by atoms with E-state index < -0.39 is 17.4 Å². The Morgan fingerprint density at radius 1 is 1.11 bits per heavy atom. The van der Waals surface area contributed by atoms with Gasteiger partial charge in [-0.15, -0.1) is 0 Å². The number of likely N-dealkylation sites (tertiary alicyclic amines) is 1. The normalized spacial score (nSPS) is 16.2. The maximum atomic E-state index is 16.0. The van der Waals surface area contributed by atoms with Crippen molar-refractivity contribution >= 4 is 28.0 Å². The monoisotopic (exact) mass is 498 g/mol. The first-order valence-corrected chi connectivity index (χ1v) is 12.3. The van der Waals surface area contributed by atoms with Crippen LogP contribution in [0.25, 0.3) is 22.0 Å². The van der Waals surface area contributed by atoms with Crippen LogP contribution in [0.5, 0.6) is 0 Å². The molecular weight excluding hydrogens is 471 g/mol. The molecule has 35 heavy (non-hydrogen) atoms. The van der Waals surface area contributed by atoms with Crippen LogP contribution in [0.3, 0.4) is 0 Å². The number of hydrogen-bond donors (Lipinski definition) is 0. The number of rotatable bonds is 2. The van der Waals surface area contributed by atoms with Crippen LogP contribution in [0, 0.1) is 13.8 Å². The van der Waals surface area contributed by atoms with Crippen LogP contribution in [-0.4, -0.2) is 53.7 Å². The number of aryl methyl sites for hydroxylation is 2. The standard InChI is InChI=1S/C24H27FN6O3S/c1-14-10-17(28-31-12-15(2)26-20(14)31)16-11-19(32)30-13-18(35-21(30)27-16)24(25)6-8-29(9-7-24)22(33)34-23(3,4)5/h10-13H,6-9H2,1-5H3. The van der Waals surface area contributed by atoms with Gasteiger partial charge in [-0.25, -0.2) is 23.7 Å². The molecule has 4 aromatic heterocycles. The van der Waals surface area contributed by atoms with Crippen LogP contribution >= 0.6 is 11.3 Å². The van der Waals surface area contributed by atoms with E-state index in [0.717, 1.165) is 28.2 Å². The van der Waals surface area contributed by atoms with Crippen LogP contribution in [0.2, 0.25) is 0 Å². The highest BCUT2D eigenvalue weighted by molar-refractivity contribution is 7.17. The van der Waals surface area contributed by atoms with Gasteiger partial charge >= 0.3 is 6.09 Å². The molecule has 0 saturated carbocycles. The van der Waals surface area contributed by atoms with Crippen LogP contribution in [0.4, 0.5) is 9.18 Å². The first kappa shape index (κ1) is 23.4. The highest BCUT2D eigenvalue weighted by Gasteiger charge is 2.40. The maximum Gasteiger partial charge on any atom is 0.410 e. The van der Waals surface area contributed by atoms with E-state index in [4.69, 9.17) is 4.74 Å². The summed E-state index contributed by atoms with van der Waals surface area (Å²) in [6.45, 7) is 9.70. The molecule has 0 bridgehead atoms. The molecular formula is C24H27FN6O3S. The van der Waals surface area contributed by atoms with Crippen molar-refractivity contribution in [1.29, 1.82) is 0 Å². The number of hydrogen-bond acceptors (Lipinski definition) is 7. The van der Waals surface area contributed by atoms with Gasteiger partial charge in [0.15, 0.2) is 10.6 Å². The molecule has 1 saturated heterocycles. The molecule has 0 atom stereocenters. The number of carbonyl (C=O) groups is 1. The minimum Gasteiger partial charge on any atom is -0.444 e. The summed E-state index contributed by atoms with van der Waals surface area (Å²) in [7, 11) is 0. The van der Waals surface area contributed by atoms with E-state index in [2.05, 4.69) is 15.1 Å². The number of carbonyl (C=O) groups excluding carboxylic acids is 1. The number of nitrogens with zero attached hydrogens (tertiary/aromatic N) is 6. The summed E-state index contributed by atoms with van der Waals surface area (Å²) in [5, 5.41) is 4.56. The largest absolute Gasteiger partial charge is 0.444 e. The lowest BCUT2D eigenvalue weighted by Crippen LogP contribution is -2.45. The lowest BCUT2D eigenvalue weighted by Gasteiger charge is -2.36. The van der Waals surface area contributed by atoms with Gasteiger partial charge in [0.1, 0.15) is 17.0 Å². The Bertz CT molecular complexity index is 1510. The van der Waals surface area contributed by atoms with E-state index in [1.165, 1.54) is 21.6 Å². The lowest BCUT2D eigenvalue weighted by atomic mass is 9.92. The minimum atomic E-state index is -1.65. The molecule has 1 amide bonds. The number of piperidine rings is 1. The van der Waals surface area contributed by atoms with Gasteiger partial charge in [-0.05, 0) is 46.2 Å². The molecule has 0 unspecified atom stereocenters. The summed E-state index contributed by atoms with van der Waals surface area (Å²) in [6, 6.07) is 3.26. The summed E-state index contributed by atoms with van der Waals surface area (Å²) in [4.78, 5) is 36.7. The van der Waals surface area contributed by atoms with Gasteiger partial charge in [0, 0.05) is 38.2 Å². The molecule has 0 spiro atoms. The van der Waals surface area contributed by atoms with Crippen molar-refractivity contribution in [3.63, 3.8) is 0 Å². The highest BCUT2D eigenvalue weighted by atomic mass is 32.1. The van der Waals surface area contributed by atoms with E-state index >= 15 is 4.39 Å². The molecule has 0 aromatic carbocycles. The fourth-order valence-electron chi connectivity index (χ4n) is 4.23. The smallest absolute Gasteiger partial charge is 0.410 e. The fourth-order valence-corrected chi connectivity index (χ4v) is 5.35. The van der Waals surface area contributed by atoms with E-state index in [1.807, 2.05) is 26.1 Å². The Morgan fingerprint density at radius 2 is 1.83 bits per heavy atom. The van der Waals surface area contributed by atoms with Gasteiger partial charge in [-0.2, -0.15) is 5.10 Å². The average molecular weight is 499 g/mol. The predicted octanol–water partition coefficient (Wildman–Crippen LogP) is 4.28. The van der Waals surface area contributed by atoms with Crippen molar-refractivity contribution in [1.82, 2.24) is 28.9 Å². The summed E-state index contributed by atoms with van der Waals surface area (Å²) in [6.07, 6.45) is 3.16. The summed E-state index contributed by atoms with van der Waals surface area (Å²) in [5.74, 6) is 0. The molecule has 5 heterocycles. The van der Waals surface area contributed by atoms with Crippen molar-refractivity contribution < 1.29 is 13.9 Å². The zero-order chi connectivity index (χ0) is 25.1. The molecule has 4 aromatic rings. The summed E-state index contributed by atoms with van der Waals surface area (Å²) in [5.41, 5.74) is 0.919. The second-order valence-corrected chi connectivity index (χ2v) is 11.0. The molecule has 5 rings (SSSR count). The quantitative estimate of drug-likeness (QED) is 0.410. The van der Waals surface area contributed by atoms with E-state index in [0.29, 0.717) is 21.2 Å². The molecule has 0 radical (unpaired) electrons. The number of amides is 1. The zero-order valence-electron chi connectivity index (χ0n) is 20.3. The van der Waals surface area contributed by atoms with Crippen molar-refractivity contribution in [3.8, 4) is 11.4 Å². The van der Waals surface area contributed by atoms with Crippen molar-refractivity contribution in [3.05, 3.63) is 51.0 Å². The van der Waals surface area contributed by atoms with E-state index in [9.17, 15) is 9.59 Å². The molecule has 0 N–H and O–H groups in total. The third-order valence-electron chi connectivity index (χ3n) is 6.01. The second kappa shape index (κ2) is 8.11. The molecule has 9 nitrogen and oxygen atoms in total. The Hall–Kier alpha value is -3.34. The first-order valence-electron chi connectivity index (χ1n) is 11.5. The third-order valence-corrected chi connectivity index (χ3v) is 7.17. The van der Waals surface area contributed by atoms with Crippen molar-refractivity contribution in [2.75, 3.05) is 13.1 Å². The Balaban J connectivity index is 1.43. The van der Waals surface area contributed by atoms with Gasteiger partial charge in [-0.3, -0.25) is 9.20 Å². The summed E-state index contributed by atoms with van der Waals surface area (Å²) >= 11 is 1.15. The van der Waals surface area contributed by atoms with Gasteiger partial charge in [0.2, 0.25) is 0 Å². The van der Waals surface area contributed by atoms with Gasteiger partial charge in [0.05, 0.1) is 22.5 Å². The Morgan fingerprint density at radius 3 is 2.51 bits per heavy atom. The number of fused-ring (bicyclic) bond motifs is 2. The molecule has 184 valence electrons. The van der Waals surface area contributed by atoms with E-state index in [1.54, 1.807) is 25.3 Å². The predicted molar refractivity (Wildman–Crippen MR) is 131 cm³/mol. The number of imidazole rings is 1. The first-order chi connectivity index (χ1) is 16.4. The molecule has 1 fully saturated rings. The minimum absolute atomic E-state index is 0.123. The summed E-state index contributed by atoms with van der Waals surface area (Å²) < 4.78 is 24.4. The number of ether oxygens (including phenoxy) is 1. The number of halogens is 1. The number of alkyl halides is 1. The third kappa shape index (κ3) is 4.40. The fraction of sp³-hybridized carbons (Fsp3) is 0.458. The van der Waals surface area contributed by atoms with Gasteiger partial charge < -0.3 is 9.64 Å². The van der Waals surface area contributed by atoms with Crippen molar-refractivity contribution in [2.45, 2.75) is 58.7 Å². The highest BCUT2D eigenvalue weighted by Crippen LogP contribution is 2.40. The van der Waals surface area contributed by atoms with Crippen LogP contribution in [-0.2, 0) is 10.4 Å². The molecule has 0 aliphatic carbocycles. The van der Waals surface area contributed by atoms with Gasteiger partial charge in [-0.1, -0.05) is 11.3 Å². The number of thiazole rings is 1. The van der Waals surface area contributed by atoms with Crippen molar-refractivity contribution in [2.24, 2.45) is 0 Å². The average Bonchev–Trinajstić information content (AvgIpc) is 3.37. The number of aromatic nitrogens is 5. The second-order valence-electron chi connectivity index (χ2n) is 10.0. The lowest BCUT2D eigenvalue weighted by molar-refractivity contribution is 0.00291. The molecule has 1 aliphatic heterocycles. The van der Waals surface area contributed by atoms with Crippen LogP contribution in [0.1, 0.15) is 49.7 Å². The van der Waals surface area contributed by atoms with Crippen LogP contribution < -0.4 is 5.56 Å². The Labute approximate surface area is 205 Å². The molecule has 11 heteroatoms. The van der Waals surface area contributed by atoms with Gasteiger partial charge in [0.25, 0.3) is 5.56 Å². The van der Waals surface area contributed by atoms with Crippen LogP contribution in [0.15, 0.2) is 29.3 Å². The van der Waals surface area contributed by atoms with E-state index in [-0.39, 0.29) is 31.5 Å². The Kier molecular flexibility index (Phi) is 5.42. The zero-order valence-corrected chi connectivity index (χ0v) is 21.1.